The van der Waals surface area contributed by atoms with Crippen molar-refractivity contribution in [3.8, 4) is 0 Å². The number of anilines is 3. The number of aliphatic hydroxyl groups excluding tert-OH is 1. The molecule has 0 aromatic carbocycles. The van der Waals surface area contributed by atoms with Crippen LogP contribution in [0.25, 0.3) is 0 Å². The summed E-state index contributed by atoms with van der Waals surface area (Å²) in [5.74, 6) is 1.77. The number of nitrogens with zero attached hydrogens (tertiary/aromatic N) is 5. The Morgan fingerprint density at radius 1 is 1.19 bits per heavy atom. The molecule has 9 nitrogen and oxygen atoms in total. The van der Waals surface area contributed by atoms with Gasteiger partial charge in [-0.2, -0.15) is 9.97 Å². The molecule has 3 fully saturated rings. The monoisotopic (exact) mass is 375 g/mol. The number of carbonyl (C=O) groups is 1. The van der Waals surface area contributed by atoms with Crippen molar-refractivity contribution in [1.29, 1.82) is 0 Å². The summed E-state index contributed by atoms with van der Waals surface area (Å²) in [4.78, 5) is 28.1. The quantitative estimate of drug-likeness (QED) is 0.621. The Morgan fingerprint density at radius 3 is 2.59 bits per heavy atom. The maximum absolute atomic E-state index is 12.6. The average Bonchev–Trinajstić information content (AvgIpc) is 2.66. The van der Waals surface area contributed by atoms with Crippen LogP contribution >= 0.6 is 0 Å². The van der Waals surface area contributed by atoms with Gasteiger partial charge < -0.3 is 30.9 Å². The van der Waals surface area contributed by atoms with Gasteiger partial charge in [0.1, 0.15) is 11.6 Å². The van der Waals surface area contributed by atoms with Gasteiger partial charge in [-0.15, -0.1) is 0 Å². The number of piperazine rings is 1. The van der Waals surface area contributed by atoms with Crippen molar-refractivity contribution in [2.45, 2.75) is 25.4 Å². The molecule has 0 unspecified atom stereocenters. The van der Waals surface area contributed by atoms with Gasteiger partial charge in [-0.05, 0) is 26.3 Å². The SMILES string of the molecule is CN1CCN(c2cc(N3CC[C@H](O)[C@@]4(CCCNC4=O)C3)nc(N)n2)CC1. The van der Waals surface area contributed by atoms with Gasteiger partial charge in [0, 0.05) is 51.9 Å². The number of amides is 1. The molecule has 1 aromatic heterocycles. The Hall–Kier alpha value is -2.13. The van der Waals surface area contributed by atoms with Crippen LogP contribution in [0.3, 0.4) is 0 Å². The number of piperidine rings is 2. The highest BCUT2D eigenvalue weighted by atomic mass is 16.3. The van der Waals surface area contributed by atoms with E-state index in [9.17, 15) is 9.90 Å². The zero-order valence-corrected chi connectivity index (χ0v) is 15.9. The fraction of sp³-hybridized carbons (Fsp3) is 0.722. The summed E-state index contributed by atoms with van der Waals surface area (Å²) in [6.07, 6.45) is 1.50. The van der Waals surface area contributed by atoms with Crippen molar-refractivity contribution in [1.82, 2.24) is 20.2 Å². The maximum atomic E-state index is 12.6. The van der Waals surface area contributed by atoms with Gasteiger partial charge in [0.15, 0.2) is 0 Å². The molecule has 4 rings (SSSR count). The van der Waals surface area contributed by atoms with E-state index in [-0.39, 0.29) is 11.9 Å². The largest absolute Gasteiger partial charge is 0.392 e. The molecule has 4 N–H and O–H groups in total. The first-order valence-corrected chi connectivity index (χ1v) is 9.77. The normalized spacial score (nSPS) is 29.9. The Kier molecular flexibility index (Phi) is 4.81. The van der Waals surface area contributed by atoms with Gasteiger partial charge in [-0.25, -0.2) is 0 Å². The summed E-state index contributed by atoms with van der Waals surface area (Å²) in [6, 6.07) is 1.97. The van der Waals surface area contributed by atoms with Crippen LogP contribution in [0.5, 0.6) is 0 Å². The number of hydrogen-bond acceptors (Lipinski definition) is 8. The van der Waals surface area contributed by atoms with Crippen molar-refractivity contribution in [2.75, 3.05) is 68.4 Å². The summed E-state index contributed by atoms with van der Waals surface area (Å²) in [5, 5.41) is 13.5. The number of hydrogen-bond donors (Lipinski definition) is 3. The van der Waals surface area contributed by atoms with Crippen LogP contribution < -0.4 is 20.9 Å². The minimum atomic E-state index is -0.760. The lowest BCUT2D eigenvalue weighted by Gasteiger charge is -2.47. The van der Waals surface area contributed by atoms with Crippen molar-refractivity contribution >= 4 is 23.5 Å². The van der Waals surface area contributed by atoms with Crippen molar-refractivity contribution < 1.29 is 9.90 Å². The molecule has 1 spiro atoms. The molecule has 1 amide bonds. The van der Waals surface area contributed by atoms with Crippen molar-refractivity contribution in [3.63, 3.8) is 0 Å². The number of nitrogens with one attached hydrogen (secondary N) is 1. The first-order valence-electron chi connectivity index (χ1n) is 9.77. The van der Waals surface area contributed by atoms with E-state index in [1.54, 1.807) is 0 Å². The molecule has 0 bridgehead atoms. The average molecular weight is 375 g/mol. The van der Waals surface area contributed by atoms with Gasteiger partial charge in [-0.3, -0.25) is 4.79 Å². The van der Waals surface area contributed by atoms with Crippen LogP contribution in [0.2, 0.25) is 0 Å². The number of carbonyl (C=O) groups excluding carboxylic acids is 1. The van der Waals surface area contributed by atoms with Crippen LogP contribution in [0.4, 0.5) is 17.6 Å². The predicted octanol–water partition coefficient (Wildman–Crippen LogP) is -0.722. The smallest absolute Gasteiger partial charge is 0.230 e. The first-order chi connectivity index (χ1) is 13.0. The second kappa shape index (κ2) is 7.12. The summed E-state index contributed by atoms with van der Waals surface area (Å²) in [5.41, 5.74) is 5.25. The second-order valence-corrected chi connectivity index (χ2v) is 7.97. The first kappa shape index (κ1) is 18.2. The molecule has 0 radical (unpaired) electrons. The third kappa shape index (κ3) is 3.41. The molecular weight excluding hydrogens is 346 g/mol. The molecule has 2 atom stereocenters. The van der Waals surface area contributed by atoms with Crippen LogP contribution in [0.15, 0.2) is 6.07 Å². The topological polar surface area (TPSA) is 111 Å². The summed E-state index contributed by atoms with van der Waals surface area (Å²) in [7, 11) is 2.12. The molecule has 3 aliphatic rings. The maximum Gasteiger partial charge on any atom is 0.230 e. The predicted molar refractivity (Wildman–Crippen MR) is 104 cm³/mol. The Labute approximate surface area is 159 Å². The van der Waals surface area contributed by atoms with E-state index in [0.717, 1.165) is 44.2 Å². The van der Waals surface area contributed by atoms with Crippen LogP contribution in [-0.2, 0) is 4.79 Å². The van der Waals surface area contributed by atoms with E-state index in [1.165, 1.54) is 0 Å². The standard InChI is InChI=1S/C18H29N7O2/c1-23-7-9-24(10-8-23)14-11-15(22-17(19)21-14)25-6-3-13(26)18(12-25)4-2-5-20-16(18)27/h11,13,26H,2-10,12H2,1H3,(H,20,27)(H2,19,21,22)/t13-,18+/m0/s1. The van der Waals surface area contributed by atoms with Crippen LogP contribution in [0, 0.1) is 5.41 Å². The minimum Gasteiger partial charge on any atom is -0.392 e. The highest BCUT2D eigenvalue weighted by Gasteiger charge is 2.50. The second-order valence-electron chi connectivity index (χ2n) is 7.97. The molecule has 3 saturated heterocycles. The number of likely N-dealkylation sites (N-methyl/N-ethyl adjacent to an activating group) is 1. The van der Waals surface area contributed by atoms with E-state index < -0.39 is 11.5 Å². The van der Waals surface area contributed by atoms with Gasteiger partial charge >= 0.3 is 0 Å². The molecule has 1 aromatic rings. The lowest BCUT2D eigenvalue weighted by molar-refractivity contribution is -0.142. The number of nitrogens with two attached hydrogens (primary N) is 1. The third-order valence-electron chi connectivity index (χ3n) is 6.19. The van der Waals surface area contributed by atoms with E-state index in [2.05, 4.69) is 37.0 Å². The van der Waals surface area contributed by atoms with E-state index in [1.807, 2.05) is 6.07 Å². The zero-order chi connectivity index (χ0) is 19.0. The molecule has 3 aliphatic heterocycles. The number of aliphatic hydroxyl groups is 1. The number of rotatable bonds is 2. The minimum absolute atomic E-state index is 0.0488. The molecule has 0 aliphatic carbocycles. The Balaban J connectivity index is 1.58. The van der Waals surface area contributed by atoms with Gasteiger partial charge in [0.2, 0.25) is 11.9 Å². The summed E-state index contributed by atoms with van der Waals surface area (Å²) < 4.78 is 0. The van der Waals surface area contributed by atoms with E-state index >= 15 is 0 Å². The Bertz CT molecular complexity index is 707. The molecule has 9 heteroatoms. The van der Waals surface area contributed by atoms with E-state index in [0.29, 0.717) is 32.5 Å². The fourth-order valence-corrected chi connectivity index (χ4v) is 4.44. The van der Waals surface area contributed by atoms with Gasteiger partial charge in [0.05, 0.1) is 11.5 Å². The van der Waals surface area contributed by atoms with Crippen LogP contribution in [0.1, 0.15) is 19.3 Å². The Morgan fingerprint density at radius 2 is 1.89 bits per heavy atom. The number of nitrogen functional groups attached to an aromatic ring is 1. The molecule has 0 saturated carbocycles. The number of aromatic nitrogens is 2. The highest BCUT2D eigenvalue weighted by Crippen LogP contribution is 2.39. The third-order valence-corrected chi connectivity index (χ3v) is 6.19. The highest BCUT2D eigenvalue weighted by molar-refractivity contribution is 5.85. The van der Waals surface area contributed by atoms with Crippen LogP contribution in [-0.4, -0.2) is 84.8 Å². The van der Waals surface area contributed by atoms with Gasteiger partial charge in [0.25, 0.3) is 0 Å². The van der Waals surface area contributed by atoms with Crippen molar-refractivity contribution in [2.24, 2.45) is 5.41 Å². The summed E-state index contributed by atoms with van der Waals surface area (Å²) in [6.45, 7) is 5.56. The lowest BCUT2D eigenvalue weighted by Crippen LogP contribution is -2.61. The lowest BCUT2D eigenvalue weighted by atomic mass is 9.71. The van der Waals surface area contributed by atoms with Crippen molar-refractivity contribution in [3.05, 3.63) is 6.07 Å². The molecule has 4 heterocycles. The van der Waals surface area contributed by atoms with E-state index in [4.69, 9.17) is 5.73 Å². The molecule has 27 heavy (non-hydrogen) atoms. The molecular formula is C18H29N7O2. The van der Waals surface area contributed by atoms with Gasteiger partial charge in [-0.1, -0.05) is 0 Å². The zero-order valence-electron chi connectivity index (χ0n) is 15.9. The fourth-order valence-electron chi connectivity index (χ4n) is 4.44. The molecule has 148 valence electrons. The summed E-state index contributed by atoms with van der Waals surface area (Å²) >= 11 is 0.